The van der Waals surface area contributed by atoms with Crippen molar-refractivity contribution in [3.05, 3.63) is 51.0 Å². The Hall–Kier alpha value is -0.990. The molecular formula is C18H16Cl3F3N2OS. The van der Waals surface area contributed by atoms with Gasteiger partial charge < -0.3 is 14.4 Å². The van der Waals surface area contributed by atoms with E-state index in [0.717, 1.165) is 43.6 Å². The SMILES string of the molecule is CN1CCC(Oc2cc(NSc3c(Cl)cc(C(F)(F)F)cc3Cl)ccc2Cl)C1. The Bertz CT molecular complexity index is 843. The minimum Gasteiger partial charge on any atom is -0.487 e. The summed E-state index contributed by atoms with van der Waals surface area (Å²) in [6.07, 6.45) is -3.54. The van der Waals surface area contributed by atoms with Crippen LogP contribution in [0.15, 0.2) is 35.2 Å². The molecule has 3 nitrogen and oxygen atoms in total. The number of nitrogens with one attached hydrogen (secondary N) is 1. The van der Waals surface area contributed by atoms with E-state index in [2.05, 4.69) is 9.62 Å². The topological polar surface area (TPSA) is 24.5 Å². The zero-order valence-electron chi connectivity index (χ0n) is 14.6. The van der Waals surface area contributed by atoms with Crippen LogP contribution in [0.4, 0.5) is 18.9 Å². The Morgan fingerprint density at radius 1 is 1.11 bits per heavy atom. The Morgan fingerprint density at radius 3 is 2.36 bits per heavy atom. The number of ether oxygens (including phenoxy) is 1. The highest BCUT2D eigenvalue weighted by Gasteiger charge is 2.32. The largest absolute Gasteiger partial charge is 0.487 e. The number of hydrogen-bond donors (Lipinski definition) is 1. The van der Waals surface area contributed by atoms with Crippen molar-refractivity contribution >= 4 is 52.4 Å². The highest BCUT2D eigenvalue weighted by atomic mass is 35.5. The quantitative estimate of drug-likeness (QED) is 0.481. The van der Waals surface area contributed by atoms with Crippen LogP contribution >= 0.6 is 46.8 Å². The van der Waals surface area contributed by atoms with Crippen LogP contribution in [0.1, 0.15) is 12.0 Å². The van der Waals surface area contributed by atoms with Crippen LogP contribution in [0.3, 0.4) is 0 Å². The van der Waals surface area contributed by atoms with Gasteiger partial charge in [0.25, 0.3) is 0 Å². The van der Waals surface area contributed by atoms with E-state index in [-0.39, 0.29) is 16.1 Å². The lowest BCUT2D eigenvalue weighted by Gasteiger charge is -2.16. The van der Waals surface area contributed by atoms with Gasteiger partial charge in [0.1, 0.15) is 11.9 Å². The zero-order valence-corrected chi connectivity index (χ0v) is 17.7. The number of likely N-dealkylation sites (tertiary alicyclic amines) is 1. The Morgan fingerprint density at radius 2 is 1.79 bits per heavy atom. The smallest absolute Gasteiger partial charge is 0.416 e. The molecule has 0 spiro atoms. The van der Waals surface area contributed by atoms with Crippen LogP contribution in [0.5, 0.6) is 5.75 Å². The van der Waals surface area contributed by atoms with E-state index in [1.54, 1.807) is 18.2 Å². The molecule has 2 aromatic rings. The van der Waals surface area contributed by atoms with Crippen molar-refractivity contribution in [2.45, 2.75) is 23.6 Å². The molecule has 1 saturated heterocycles. The summed E-state index contributed by atoms with van der Waals surface area (Å²) in [5, 5.41) is 0.309. The molecule has 1 N–H and O–H groups in total. The Kier molecular flexibility index (Phi) is 6.82. The normalized spacial score (nSPS) is 17.8. The van der Waals surface area contributed by atoms with E-state index in [9.17, 15) is 13.2 Å². The number of anilines is 1. The maximum Gasteiger partial charge on any atom is 0.416 e. The minimum absolute atomic E-state index is 0.0594. The van der Waals surface area contributed by atoms with Crippen molar-refractivity contribution in [2.24, 2.45) is 0 Å². The maximum atomic E-state index is 12.8. The molecule has 28 heavy (non-hydrogen) atoms. The number of likely N-dealkylation sites (N-methyl/N-ethyl adjacent to an activating group) is 1. The predicted molar refractivity (Wildman–Crippen MR) is 109 cm³/mol. The number of nitrogens with zero attached hydrogens (tertiary/aromatic N) is 1. The van der Waals surface area contributed by atoms with Gasteiger partial charge in [-0.3, -0.25) is 0 Å². The highest BCUT2D eigenvalue weighted by Crippen LogP contribution is 2.41. The number of rotatable bonds is 5. The third kappa shape index (κ3) is 5.33. The second-order valence-electron chi connectivity index (χ2n) is 6.41. The summed E-state index contributed by atoms with van der Waals surface area (Å²) in [6, 6.07) is 6.86. The van der Waals surface area contributed by atoms with Gasteiger partial charge in [-0.1, -0.05) is 34.8 Å². The number of benzene rings is 2. The highest BCUT2D eigenvalue weighted by molar-refractivity contribution is 8.00. The lowest BCUT2D eigenvalue weighted by atomic mass is 10.2. The summed E-state index contributed by atoms with van der Waals surface area (Å²) >= 11 is 19.2. The third-order valence-corrected chi connectivity index (χ3v) is 6.28. The van der Waals surface area contributed by atoms with E-state index >= 15 is 0 Å². The van der Waals surface area contributed by atoms with Gasteiger partial charge in [0, 0.05) is 24.8 Å². The first-order valence-corrected chi connectivity index (χ1v) is 10.2. The molecule has 0 radical (unpaired) electrons. The van der Waals surface area contributed by atoms with Crippen molar-refractivity contribution < 1.29 is 17.9 Å². The Labute approximate surface area is 180 Å². The van der Waals surface area contributed by atoms with E-state index in [4.69, 9.17) is 39.5 Å². The third-order valence-electron chi connectivity index (χ3n) is 4.17. The van der Waals surface area contributed by atoms with Crippen molar-refractivity contribution in [3.8, 4) is 5.75 Å². The standard InChI is InChI=1S/C18H16Cl3F3N2OS/c1-26-5-4-12(9-26)27-16-8-11(2-3-13(16)19)25-28-17-14(20)6-10(7-15(17)21)18(22,23)24/h2-3,6-8,12,25H,4-5,9H2,1H3. The number of hydrogen-bond acceptors (Lipinski definition) is 4. The molecule has 10 heteroatoms. The lowest BCUT2D eigenvalue weighted by molar-refractivity contribution is -0.137. The second-order valence-corrected chi connectivity index (χ2v) is 8.44. The van der Waals surface area contributed by atoms with E-state index < -0.39 is 11.7 Å². The van der Waals surface area contributed by atoms with Crippen molar-refractivity contribution in [2.75, 3.05) is 24.9 Å². The van der Waals surface area contributed by atoms with E-state index in [1.165, 1.54) is 0 Å². The average molecular weight is 472 g/mol. The van der Waals surface area contributed by atoms with Gasteiger partial charge in [-0.05, 0) is 49.7 Å². The molecule has 1 fully saturated rings. The summed E-state index contributed by atoms with van der Waals surface area (Å²) in [4.78, 5) is 2.47. The van der Waals surface area contributed by atoms with Gasteiger partial charge in [0.05, 0.1) is 25.5 Å². The molecule has 0 bridgehead atoms. The first-order valence-electron chi connectivity index (χ1n) is 8.27. The van der Waals surface area contributed by atoms with E-state index in [0.29, 0.717) is 21.4 Å². The molecule has 1 atom stereocenters. The van der Waals surface area contributed by atoms with Crippen LogP contribution in [0.25, 0.3) is 0 Å². The molecule has 1 aliphatic rings. The fourth-order valence-corrected chi connectivity index (χ4v) is 4.30. The fourth-order valence-electron chi connectivity index (χ4n) is 2.76. The first-order chi connectivity index (χ1) is 13.1. The zero-order chi connectivity index (χ0) is 20.5. The molecule has 3 rings (SSSR count). The average Bonchev–Trinajstić information content (AvgIpc) is 3.01. The summed E-state index contributed by atoms with van der Waals surface area (Å²) in [5.41, 5.74) is -0.238. The molecule has 0 amide bonds. The summed E-state index contributed by atoms with van der Waals surface area (Å²) in [6.45, 7) is 1.78. The molecule has 1 aliphatic heterocycles. The predicted octanol–water partition coefficient (Wildman–Crippen LogP) is 6.87. The van der Waals surface area contributed by atoms with Crippen LogP contribution in [0, 0.1) is 0 Å². The van der Waals surface area contributed by atoms with Gasteiger partial charge in [0.2, 0.25) is 0 Å². The first kappa shape index (κ1) is 21.7. The number of halogens is 6. The fraction of sp³-hybridized carbons (Fsp3) is 0.333. The second kappa shape index (κ2) is 8.79. The van der Waals surface area contributed by atoms with Gasteiger partial charge in [-0.2, -0.15) is 13.2 Å². The molecule has 1 unspecified atom stereocenters. The van der Waals surface area contributed by atoms with Gasteiger partial charge in [0.15, 0.2) is 0 Å². The van der Waals surface area contributed by atoms with Crippen molar-refractivity contribution in [1.82, 2.24) is 4.90 Å². The molecule has 2 aromatic carbocycles. The molecule has 1 heterocycles. The van der Waals surface area contributed by atoms with Gasteiger partial charge in [-0.25, -0.2) is 0 Å². The van der Waals surface area contributed by atoms with Crippen LogP contribution in [-0.2, 0) is 6.18 Å². The van der Waals surface area contributed by atoms with Crippen molar-refractivity contribution in [3.63, 3.8) is 0 Å². The lowest BCUT2D eigenvalue weighted by Crippen LogP contribution is -2.21. The van der Waals surface area contributed by atoms with Crippen LogP contribution in [-0.4, -0.2) is 31.1 Å². The number of alkyl halides is 3. The molecular weight excluding hydrogens is 456 g/mol. The molecule has 152 valence electrons. The van der Waals surface area contributed by atoms with Gasteiger partial charge >= 0.3 is 6.18 Å². The summed E-state index contributed by atoms with van der Waals surface area (Å²) in [5.74, 6) is 0.539. The molecule has 0 aromatic heterocycles. The summed E-state index contributed by atoms with van der Waals surface area (Å²) in [7, 11) is 2.02. The van der Waals surface area contributed by atoms with Crippen LogP contribution in [0.2, 0.25) is 15.1 Å². The molecule has 0 saturated carbocycles. The van der Waals surface area contributed by atoms with Crippen molar-refractivity contribution in [1.29, 1.82) is 0 Å². The van der Waals surface area contributed by atoms with Crippen LogP contribution < -0.4 is 9.46 Å². The Balaban J connectivity index is 1.72. The minimum atomic E-state index is -4.51. The van der Waals surface area contributed by atoms with Gasteiger partial charge in [-0.15, -0.1) is 0 Å². The summed E-state index contributed by atoms with van der Waals surface area (Å²) < 4.78 is 47.5. The monoisotopic (exact) mass is 470 g/mol. The van der Waals surface area contributed by atoms with E-state index in [1.807, 2.05) is 7.05 Å². The maximum absolute atomic E-state index is 12.8. The molecule has 0 aliphatic carbocycles.